The Bertz CT molecular complexity index is 922. The molecule has 37 heavy (non-hydrogen) atoms. The number of nitrogens with zero attached hydrogens (tertiary/aromatic N) is 4. The zero-order valence-electron chi connectivity index (χ0n) is 22.7. The molecule has 1 amide bonds. The molecule has 4 rings (SSSR count). The smallest absolute Gasteiger partial charge is 0.242 e. The van der Waals surface area contributed by atoms with Crippen LogP contribution in [0.2, 0.25) is 0 Å². The number of carbonyl (C=O) groups excluding carboxylic acids is 1. The number of nitrogens with one attached hydrogen (secondary N) is 2. The lowest BCUT2D eigenvalue weighted by Crippen LogP contribution is -2.42. The molecule has 2 saturated carbocycles. The van der Waals surface area contributed by atoms with Crippen LogP contribution in [0.25, 0.3) is 5.95 Å². The summed E-state index contributed by atoms with van der Waals surface area (Å²) in [4.78, 5) is 27.2. The molecule has 0 saturated heterocycles. The maximum Gasteiger partial charge on any atom is 0.242 e. The van der Waals surface area contributed by atoms with Crippen molar-refractivity contribution >= 4 is 11.7 Å². The van der Waals surface area contributed by atoms with Crippen LogP contribution >= 0.6 is 0 Å². The molecule has 8 heteroatoms. The fourth-order valence-electron chi connectivity index (χ4n) is 5.83. The van der Waals surface area contributed by atoms with E-state index >= 15 is 0 Å². The molecule has 0 spiro atoms. The number of amides is 1. The van der Waals surface area contributed by atoms with Crippen molar-refractivity contribution in [3.8, 4) is 5.95 Å². The van der Waals surface area contributed by atoms with Crippen molar-refractivity contribution in [2.75, 3.05) is 25.1 Å². The van der Waals surface area contributed by atoms with Gasteiger partial charge >= 0.3 is 0 Å². The first-order chi connectivity index (χ1) is 18.2. The first kappa shape index (κ1) is 27.6. The fraction of sp³-hybridized carbons (Fsp3) is 0.724. The minimum absolute atomic E-state index is 0.0496. The lowest BCUT2D eigenvalue weighted by molar-refractivity contribution is -0.122. The van der Waals surface area contributed by atoms with Crippen molar-refractivity contribution in [2.24, 2.45) is 11.8 Å². The third-order valence-corrected chi connectivity index (χ3v) is 7.94. The molecule has 2 aromatic heterocycles. The summed E-state index contributed by atoms with van der Waals surface area (Å²) in [6, 6.07) is 1.74. The number of hydrogen-bond acceptors (Lipinski definition) is 6. The summed E-state index contributed by atoms with van der Waals surface area (Å²) in [6.45, 7) is 3.99. The third-order valence-electron chi connectivity index (χ3n) is 7.94. The highest BCUT2D eigenvalue weighted by atomic mass is 16.5. The number of ether oxygens (including phenoxy) is 1. The van der Waals surface area contributed by atoms with E-state index in [2.05, 4.69) is 21.7 Å². The topological polar surface area (TPSA) is 94.0 Å². The van der Waals surface area contributed by atoms with Crippen molar-refractivity contribution in [1.29, 1.82) is 0 Å². The Kier molecular flexibility index (Phi) is 11.2. The number of anilines is 1. The Morgan fingerprint density at radius 1 is 1.08 bits per heavy atom. The molecule has 0 aliphatic heterocycles. The van der Waals surface area contributed by atoms with Crippen LogP contribution in [0.15, 0.2) is 24.8 Å². The molecule has 2 aliphatic rings. The number of aryl methyl sites for hydroxylation is 1. The highest BCUT2D eigenvalue weighted by Crippen LogP contribution is 2.29. The van der Waals surface area contributed by atoms with E-state index in [0.29, 0.717) is 31.6 Å². The monoisotopic (exact) mass is 510 g/mol. The standard InChI is InChI=1S/C29H46N6O2/c1-2-37-19-9-16-31-28(36)26(20-24-12-7-4-8-13-24)33-27-21-25(15-14-23-10-5-3-6-11-23)32-29(34-27)35-18-17-30-22-35/h17-18,21-24,26H,2-16,19-20H2,1H3,(H,31,36)(H,32,33,34)/t26-/m0/s1. The zero-order valence-corrected chi connectivity index (χ0v) is 22.7. The number of aromatic nitrogens is 4. The molecule has 0 aromatic carbocycles. The largest absolute Gasteiger partial charge is 0.382 e. The van der Waals surface area contributed by atoms with E-state index in [0.717, 1.165) is 43.1 Å². The molecular formula is C29H46N6O2. The fourth-order valence-corrected chi connectivity index (χ4v) is 5.83. The first-order valence-corrected chi connectivity index (χ1v) is 14.7. The van der Waals surface area contributed by atoms with Crippen molar-refractivity contribution in [2.45, 2.75) is 103 Å². The number of rotatable bonds is 14. The minimum Gasteiger partial charge on any atom is -0.382 e. The van der Waals surface area contributed by atoms with Gasteiger partial charge in [0.05, 0.1) is 0 Å². The van der Waals surface area contributed by atoms with Crippen molar-refractivity contribution < 1.29 is 9.53 Å². The Morgan fingerprint density at radius 3 is 2.54 bits per heavy atom. The van der Waals surface area contributed by atoms with Gasteiger partial charge in [-0.15, -0.1) is 0 Å². The van der Waals surface area contributed by atoms with Crippen molar-refractivity contribution in [3.05, 3.63) is 30.5 Å². The SMILES string of the molecule is CCOCCCNC(=O)[C@H](CC1CCCCC1)Nc1cc(CCC2CCCCC2)nc(-n2ccnc2)n1. The van der Waals surface area contributed by atoms with Gasteiger partial charge in [-0.2, -0.15) is 4.98 Å². The van der Waals surface area contributed by atoms with Gasteiger partial charge in [-0.1, -0.05) is 64.2 Å². The van der Waals surface area contributed by atoms with Gasteiger partial charge in [0.15, 0.2) is 0 Å². The normalized spacial score (nSPS) is 18.0. The number of imidazole rings is 1. The van der Waals surface area contributed by atoms with E-state index in [1.807, 2.05) is 17.7 Å². The van der Waals surface area contributed by atoms with Gasteiger partial charge in [0.25, 0.3) is 0 Å². The molecule has 0 bridgehead atoms. The van der Waals surface area contributed by atoms with Crippen LogP contribution in [0.3, 0.4) is 0 Å². The predicted octanol–water partition coefficient (Wildman–Crippen LogP) is 5.47. The molecule has 0 radical (unpaired) electrons. The van der Waals surface area contributed by atoms with E-state index < -0.39 is 0 Å². The molecule has 2 aromatic rings. The van der Waals surface area contributed by atoms with Gasteiger partial charge in [-0.3, -0.25) is 9.36 Å². The van der Waals surface area contributed by atoms with Gasteiger partial charge in [0.2, 0.25) is 11.9 Å². The predicted molar refractivity (Wildman–Crippen MR) is 147 cm³/mol. The van der Waals surface area contributed by atoms with Crippen LogP contribution < -0.4 is 10.6 Å². The second kappa shape index (κ2) is 15.1. The van der Waals surface area contributed by atoms with Crippen LogP contribution in [0.5, 0.6) is 0 Å². The summed E-state index contributed by atoms with van der Waals surface area (Å²) in [6.07, 6.45) is 22.1. The summed E-state index contributed by atoms with van der Waals surface area (Å²) < 4.78 is 7.28. The molecular weight excluding hydrogens is 464 g/mol. The molecule has 2 N–H and O–H groups in total. The van der Waals surface area contributed by atoms with E-state index in [9.17, 15) is 4.79 Å². The summed E-state index contributed by atoms with van der Waals surface area (Å²) in [7, 11) is 0. The van der Waals surface area contributed by atoms with Crippen LogP contribution in [0, 0.1) is 11.8 Å². The number of hydrogen-bond donors (Lipinski definition) is 2. The zero-order chi connectivity index (χ0) is 25.7. The third kappa shape index (κ3) is 9.09. The first-order valence-electron chi connectivity index (χ1n) is 14.7. The van der Waals surface area contributed by atoms with Gasteiger partial charge in [0.1, 0.15) is 18.2 Å². The lowest BCUT2D eigenvalue weighted by Gasteiger charge is -2.27. The molecule has 204 valence electrons. The molecule has 2 fully saturated rings. The van der Waals surface area contributed by atoms with E-state index in [4.69, 9.17) is 14.7 Å². The highest BCUT2D eigenvalue weighted by molar-refractivity contribution is 5.84. The highest BCUT2D eigenvalue weighted by Gasteiger charge is 2.25. The summed E-state index contributed by atoms with van der Waals surface area (Å²) in [5.74, 6) is 2.74. The van der Waals surface area contributed by atoms with E-state index in [1.165, 1.54) is 64.2 Å². The molecule has 0 unspecified atom stereocenters. The quantitative estimate of drug-likeness (QED) is 0.327. The average molecular weight is 511 g/mol. The number of carbonyl (C=O) groups is 1. The second-order valence-electron chi connectivity index (χ2n) is 10.8. The Hall–Kier alpha value is -2.48. The van der Waals surface area contributed by atoms with E-state index in [-0.39, 0.29) is 11.9 Å². The molecule has 2 heterocycles. The minimum atomic E-state index is -0.313. The maximum atomic E-state index is 13.3. The van der Waals surface area contributed by atoms with Crippen molar-refractivity contribution in [1.82, 2.24) is 24.8 Å². The van der Waals surface area contributed by atoms with Gasteiger partial charge in [0, 0.05) is 43.9 Å². The van der Waals surface area contributed by atoms with Crippen molar-refractivity contribution in [3.63, 3.8) is 0 Å². The summed E-state index contributed by atoms with van der Waals surface area (Å²) in [5, 5.41) is 6.67. The Morgan fingerprint density at radius 2 is 1.84 bits per heavy atom. The summed E-state index contributed by atoms with van der Waals surface area (Å²) >= 11 is 0. The second-order valence-corrected chi connectivity index (χ2v) is 10.8. The van der Waals surface area contributed by atoms with Gasteiger partial charge in [-0.25, -0.2) is 9.97 Å². The molecule has 2 aliphatic carbocycles. The van der Waals surface area contributed by atoms with Gasteiger partial charge in [-0.05, 0) is 44.4 Å². The molecule has 1 atom stereocenters. The van der Waals surface area contributed by atoms with Crippen LogP contribution in [-0.2, 0) is 16.0 Å². The lowest BCUT2D eigenvalue weighted by atomic mass is 9.84. The average Bonchev–Trinajstić information content (AvgIpc) is 3.48. The van der Waals surface area contributed by atoms with Crippen LogP contribution in [0.1, 0.15) is 96.1 Å². The Balaban J connectivity index is 1.47. The van der Waals surface area contributed by atoms with E-state index in [1.54, 1.807) is 12.5 Å². The Labute approximate surface area is 222 Å². The maximum absolute atomic E-state index is 13.3. The van der Waals surface area contributed by atoms with Gasteiger partial charge < -0.3 is 15.4 Å². The summed E-state index contributed by atoms with van der Waals surface area (Å²) in [5.41, 5.74) is 1.03. The molecule has 8 nitrogen and oxygen atoms in total. The van der Waals surface area contributed by atoms with Crippen LogP contribution in [0.4, 0.5) is 5.82 Å². The van der Waals surface area contributed by atoms with Crippen LogP contribution in [-0.4, -0.2) is 51.2 Å².